The molecule has 33 heavy (non-hydrogen) atoms. The van der Waals surface area contributed by atoms with Crippen molar-refractivity contribution >= 4 is 46.6 Å². The molecule has 0 fully saturated rings. The highest BCUT2D eigenvalue weighted by Gasteiger charge is 2.30. The first-order chi connectivity index (χ1) is 15.9. The van der Waals surface area contributed by atoms with Crippen molar-refractivity contribution in [3.8, 4) is 5.75 Å². The van der Waals surface area contributed by atoms with Crippen LogP contribution in [-0.4, -0.2) is 36.4 Å². The lowest BCUT2D eigenvalue weighted by Gasteiger charge is -2.31. The van der Waals surface area contributed by atoms with Crippen LogP contribution in [0.2, 0.25) is 15.1 Å². The van der Waals surface area contributed by atoms with Gasteiger partial charge in [-0.15, -0.1) is 0 Å². The molecule has 0 aromatic heterocycles. The lowest BCUT2D eigenvalue weighted by Crippen LogP contribution is -2.51. The molecule has 3 aromatic carbocycles. The van der Waals surface area contributed by atoms with E-state index in [-0.39, 0.29) is 25.0 Å². The van der Waals surface area contributed by atoms with Crippen molar-refractivity contribution in [2.75, 3.05) is 13.7 Å². The van der Waals surface area contributed by atoms with Crippen molar-refractivity contribution in [1.82, 2.24) is 10.2 Å². The molecule has 0 saturated carbocycles. The number of amides is 2. The number of likely N-dealkylation sites (N-methyl/N-ethyl adjacent to an activating group) is 1. The summed E-state index contributed by atoms with van der Waals surface area (Å²) < 4.78 is 5.67. The Morgan fingerprint density at radius 2 is 1.67 bits per heavy atom. The Morgan fingerprint density at radius 1 is 0.939 bits per heavy atom. The average molecular weight is 506 g/mol. The van der Waals surface area contributed by atoms with Gasteiger partial charge in [-0.3, -0.25) is 9.59 Å². The van der Waals surface area contributed by atoms with Crippen LogP contribution in [0.25, 0.3) is 0 Å². The predicted octanol–water partition coefficient (Wildman–Crippen LogP) is 5.41. The fraction of sp³-hybridized carbons (Fsp3) is 0.200. The maximum atomic E-state index is 13.4. The fourth-order valence-electron chi connectivity index (χ4n) is 3.34. The van der Waals surface area contributed by atoms with Crippen LogP contribution in [-0.2, 0) is 22.6 Å². The van der Waals surface area contributed by atoms with E-state index in [1.807, 2.05) is 30.3 Å². The smallest absolute Gasteiger partial charge is 0.261 e. The number of benzene rings is 3. The van der Waals surface area contributed by atoms with Gasteiger partial charge in [0.1, 0.15) is 11.8 Å². The van der Waals surface area contributed by atoms with Gasteiger partial charge < -0.3 is 15.0 Å². The van der Waals surface area contributed by atoms with Crippen molar-refractivity contribution in [2.24, 2.45) is 0 Å². The second-order valence-electron chi connectivity index (χ2n) is 7.32. The lowest BCUT2D eigenvalue weighted by molar-refractivity contribution is -0.142. The van der Waals surface area contributed by atoms with E-state index in [0.29, 0.717) is 32.8 Å². The number of nitrogens with zero attached hydrogens (tertiary/aromatic N) is 1. The number of ether oxygens (including phenoxy) is 1. The first-order valence-corrected chi connectivity index (χ1v) is 11.4. The Hall–Kier alpha value is -2.73. The summed E-state index contributed by atoms with van der Waals surface area (Å²) in [4.78, 5) is 27.7. The van der Waals surface area contributed by atoms with Crippen LogP contribution in [0.5, 0.6) is 5.75 Å². The van der Waals surface area contributed by atoms with Crippen molar-refractivity contribution in [1.29, 1.82) is 0 Å². The number of hydrogen-bond donors (Lipinski definition) is 1. The molecule has 0 aliphatic rings. The molecule has 5 nitrogen and oxygen atoms in total. The van der Waals surface area contributed by atoms with Gasteiger partial charge in [0.05, 0.1) is 0 Å². The minimum Gasteiger partial charge on any atom is -0.484 e. The van der Waals surface area contributed by atoms with E-state index in [1.54, 1.807) is 49.5 Å². The lowest BCUT2D eigenvalue weighted by atomic mass is 10.0. The molecule has 1 N–H and O–H groups in total. The molecule has 3 aromatic rings. The second-order valence-corrected chi connectivity index (χ2v) is 8.60. The average Bonchev–Trinajstić information content (AvgIpc) is 2.81. The molecule has 0 saturated heterocycles. The van der Waals surface area contributed by atoms with Crippen LogP contribution in [0.3, 0.4) is 0 Å². The van der Waals surface area contributed by atoms with Gasteiger partial charge in [-0.1, -0.05) is 77.3 Å². The molecule has 0 bridgehead atoms. The Balaban J connectivity index is 1.90. The zero-order valence-electron chi connectivity index (χ0n) is 17.9. The van der Waals surface area contributed by atoms with Crippen LogP contribution in [0, 0.1) is 0 Å². The Kier molecular flexibility index (Phi) is 9.01. The Bertz CT molecular complexity index is 1110. The topological polar surface area (TPSA) is 58.6 Å². The highest BCUT2D eigenvalue weighted by Crippen LogP contribution is 2.24. The van der Waals surface area contributed by atoms with E-state index in [9.17, 15) is 9.59 Å². The summed E-state index contributed by atoms with van der Waals surface area (Å²) >= 11 is 18.4. The maximum absolute atomic E-state index is 13.4. The molecule has 172 valence electrons. The van der Waals surface area contributed by atoms with Gasteiger partial charge in [0.2, 0.25) is 5.91 Å². The summed E-state index contributed by atoms with van der Waals surface area (Å²) in [6, 6.07) is 20.5. The second kappa shape index (κ2) is 11.9. The van der Waals surface area contributed by atoms with Crippen molar-refractivity contribution < 1.29 is 14.3 Å². The summed E-state index contributed by atoms with van der Waals surface area (Å²) in [6.45, 7) is -0.160. The molecule has 0 spiro atoms. The van der Waals surface area contributed by atoms with E-state index in [1.165, 1.54) is 4.90 Å². The molecule has 8 heteroatoms. The summed E-state index contributed by atoms with van der Waals surface area (Å²) in [5, 5.41) is 4.06. The van der Waals surface area contributed by atoms with Crippen LogP contribution >= 0.6 is 34.8 Å². The summed E-state index contributed by atoms with van der Waals surface area (Å²) in [5.41, 5.74) is 1.58. The number of rotatable bonds is 9. The Morgan fingerprint density at radius 3 is 2.33 bits per heavy atom. The van der Waals surface area contributed by atoms with E-state index in [2.05, 4.69) is 5.32 Å². The molecular formula is C25H23Cl3N2O3. The maximum Gasteiger partial charge on any atom is 0.261 e. The zero-order chi connectivity index (χ0) is 23.8. The Labute approximate surface area is 208 Å². The number of hydrogen-bond acceptors (Lipinski definition) is 3. The summed E-state index contributed by atoms with van der Waals surface area (Å²) in [6.07, 6.45) is 0.328. The molecule has 1 atom stereocenters. The zero-order valence-corrected chi connectivity index (χ0v) is 20.2. The van der Waals surface area contributed by atoms with Gasteiger partial charge in [-0.05, 0) is 41.5 Å². The number of nitrogens with one attached hydrogen (secondary N) is 1. The van der Waals surface area contributed by atoms with Crippen LogP contribution < -0.4 is 10.1 Å². The van der Waals surface area contributed by atoms with Gasteiger partial charge >= 0.3 is 0 Å². The van der Waals surface area contributed by atoms with Gasteiger partial charge in [-0.25, -0.2) is 0 Å². The van der Waals surface area contributed by atoms with E-state index < -0.39 is 6.04 Å². The highest BCUT2D eigenvalue weighted by atomic mass is 35.5. The monoisotopic (exact) mass is 504 g/mol. The van der Waals surface area contributed by atoms with E-state index >= 15 is 0 Å². The van der Waals surface area contributed by atoms with Crippen LogP contribution in [0.15, 0.2) is 72.8 Å². The van der Waals surface area contributed by atoms with E-state index in [4.69, 9.17) is 39.5 Å². The third-order valence-corrected chi connectivity index (χ3v) is 5.85. The third-order valence-electron chi connectivity index (χ3n) is 5.03. The van der Waals surface area contributed by atoms with Gasteiger partial charge in [0.25, 0.3) is 5.91 Å². The number of halogens is 3. The molecule has 0 radical (unpaired) electrons. The SMILES string of the molecule is CNC(=O)C(Cc1ccccc1)N(Cc1ccc(Cl)cc1Cl)C(=O)COc1cccc(Cl)c1. The highest BCUT2D eigenvalue weighted by molar-refractivity contribution is 6.35. The number of carbonyl (C=O) groups excluding carboxylic acids is 2. The van der Waals surface area contributed by atoms with Crippen LogP contribution in [0.1, 0.15) is 11.1 Å². The van der Waals surface area contributed by atoms with Crippen molar-refractivity contribution in [3.63, 3.8) is 0 Å². The first kappa shape index (κ1) is 24.9. The molecule has 1 unspecified atom stereocenters. The number of carbonyl (C=O) groups is 2. The quantitative estimate of drug-likeness (QED) is 0.423. The van der Waals surface area contributed by atoms with Crippen LogP contribution in [0.4, 0.5) is 0 Å². The molecule has 0 aliphatic heterocycles. The summed E-state index contributed by atoms with van der Waals surface area (Å²) in [7, 11) is 1.54. The minimum absolute atomic E-state index is 0.110. The minimum atomic E-state index is -0.778. The molecule has 3 rings (SSSR count). The standard InChI is InChI=1S/C25H23Cl3N2O3/c1-29-25(32)23(12-17-6-3-2-4-7-17)30(15-18-10-11-20(27)14-22(18)28)24(31)16-33-21-9-5-8-19(26)13-21/h2-11,13-14,23H,12,15-16H2,1H3,(H,29,32). The molecule has 0 aliphatic carbocycles. The van der Waals surface area contributed by atoms with E-state index in [0.717, 1.165) is 5.56 Å². The van der Waals surface area contributed by atoms with Crippen molar-refractivity contribution in [2.45, 2.75) is 19.0 Å². The van der Waals surface area contributed by atoms with Gasteiger partial charge in [0.15, 0.2) is 6.61 Å². The fourth-order valence-corrected chi connectivity index (χ4v) is 3.99. The first-order valence-electron chi connectivity index (χ1n) is 10.2. The van der Waals surface area contributed by atoms with Gasteiger partial charge in [-0.2, -0.15) is 0 Å². The molecular weight excluding hydrogens is 483 g/mol. The largest absolute Gasteiger partial charge is 0.484 e. The normalized spacial score (nSPS) is 11.5. The predicted molar refractivity (Wildman–Crippen MR) is 132 cm³/mol. The third kappa shape index (κ3) is 7.13. The summed E-state index contributed by atoms with van der Waals surface area (Å²) in [5.74, 6) is -0.203. The molecule has 0 heterocycles. The van der Waals surface area contributed by atoms with Gasteiger partial charge in [0, 0.05) is 35.1 Å². The molecule has 2 amide bonds. The van der Waals surface area contributed by atoms with Crippen molar-refractivity contribution in [3.05, 3.63) is 99.0 Å².